The zero-order valence-electron chi connectivity index (χ0n) is 12.4. The third kappa shape index (κ3) is 2.38. The summed E-state index contributed by atoms with van der Waals surface area (Å²) in [6.45, 7) is 1.16. The van der Waals surface area contributed by atoms with E-state index >= 15 is 0 Å². The number of carbonyl (C=O) groups is 4. The molecule has 4 amide bonds. The second kappa shape index (κ2) is 5.32. The largest absolute Gasteiger partial charge is 0.338 e. The second-order valence-corrected chi connectivity index (χ2v) is 5.60. The average Bonchev–Trinajstić information content (AvgIpc) is 3.31. The first kappa shape index (κ1) is 14.9. The van der Waals surface area contributed by atoms with Gasteiger partial charge in [0.2, 0.25) is 0 Å². The van der Waals surface area contributed by atoms with Gasteiger partial charge in [-0.1, -0.05) is 6.07 Å². The van der Waals surface area contributed by atoms with Crippen molar-refractivity contribution in [2.45, 2.75) is 25.8 Å². The molecule has 0 aromatic heterocycles. The van der Waals surface area contributed by atoms with Crippen LogP contribution in [0, 0.1) is 17.2 Å². The third-order valence-corrected chi connectivity index (χ3v) is 3.90. The number of nitriles is 1. The van der Waals surface area contributed by atoms with Gasteiger partial charge in [0.05, 0.1) is 17.3 Å². The SMILES string of the molecule is CC(=O)C1C(=O)N(c2cccc(C#N)c2)C(=O)N(C2CC2)C1=O. The van der Waals surface area contributed by atoms with Crippen molar-refractivity contribution in [3.63, 3.8) is 0 Å². The van der Waals surface area contributed by atoms with Crippen LogP contribution in [0.2, 0.25) is 0 Å². The molecule has 116 valence electrons. The van der Waals surface area contributed by atoms with Crippen LogP contribution in [0.25, 0.3) is 0 Å². The highest BCUT2D eigenvalue weighted by atomic mass is 16.2. The number of rotatable bonds is 3. The first-order valence-electron chi connectivity index (χ1n) is 7.17. The monoisotopic (exact) mass is 311 g/mol. The van der Waals surface area contributed by atoms with E-state index in [2.05, 4.69) is 0 Å². The Bertz CT molecular complexity index is 776. The van der Waals surface area contributed by atoms with Crippen LogP contribution in [0.4, 0.5) is 10.5 Å². The zero-order chi connectivity index (χ0) is 16.7. The molecule has 1 aromatic carbocycles. The fourth-order valence-electron chi connectivity index (χ4n) is 2.64. The minimum atomic E-state index is -1.50. The van der Waals surface area contributed by atoms with Gasteiger partial charge < -0.3 is 0 Å². The zero-order valence-corrected chi connectivity index (χ0v) is 12.4. The van der Waals surface area contributed by atoms with Gasteiger partial charge in [-0.25, -0.2) is 9.69 Å². The Kier molecular flexibility index (Phi) is 3.45. The molecule has 1 aliphatic carbocycles. The van der Waals surface area contributed by atoms with Crippen LogP contribution >= 0.6 is 0 Å². The lowest BCUT2D eigenvalue weighted by atomic mass is 9.98. The van der Waals surface area contributed by atoms with Gasteiger partial charge in [0, 0.05) is 6.04 Å². The van der Waals surface area contributed by atoms with Crippen LogP contribution in [0.1, 0.15) is 25.3 Å². The molecule has 7 nitrogen and oxygen atoms in total. The summed E-state index contributed by atoms with van der Waals surface area (Å²) < 4.78 is 0. The van der Waals surface area contributed by atoms with Crippen molar-refractivity contribution >= 4 is 29.3 Å². The van der Waals surface area contributed by atoms with Crippen LogP contribution in [0.15, 0.2) is 24.3 Å². The predicted octanol–water partition coefficient (Wildman–Crippen LogP) is 1.22. The summed E-state index contributed by atoms with van der Waals surface area (Å²) in [6, 6.07) is 6.87. The van der Waals surface area contributed by atoms with E-state index < -0.39 is 29.5 Å². The van der Waals surface area contributed by atoms with Gasteiger partial charge in [-0.2, -0.15) is 5.26 Å². The number of barbiturate groups is 1. The molecule has 1 heterocycles. The third-order valence-electron chi connectivity index (χ3n) is 3.90. The van der Waals surface area contributed by atoms with Crippen LogP contribution in [-0.4, -0.2) is 34.6 Å². The molecular formula is C16H13N3O4. The molecule has 2 fully saturated rings. The van der Waals surface area contributed by atoms with Gasteiger partial charge in [-0.3, -0.25) is 19.3 Å². The summed E-state index contributed by atoms with van der Waals surface area (Å²) in [5, 5.41) is 8.97. The molecule has 0 spiro atoms. The van der Waals surface area contributed by atoms with Gasteiger partial charge in [-0.15, -0.1) is 0 Å². The van der Waals surface area contributed by atoms with Crippen molar-refractivity contribution in [1.29, 1.82) is 5.26 Å². The van der Waals surface area contributed by atoms with Crippen LogP contribution in [0.5, 0.6) is 0 Å². The van der Waals surface area contributed by atoms with E-state index in [0.717, 1.165) is 16.7 Å². The maximum atomic E-state index is 12.6. The van der Waals surface area contributed by atoms with E-state index in [4.69, 9.17) is 5.26 Å². The van der Waals surface area contributed by atoms with Gasteiger partial charge in [0.25, 0.3) is 11.8 Å². The number of ketones is 1. The molecule has 0 bridgehead atoms. The lowest BCUT2D eigenvalue weighted by Crippen LogP contribution is -2.62. The topological polar surface area (TPSA) is 98.6 Å². The molecule has 23 heavy (non-hydrogen) atoms. The normalized spacial score (nSPS) is 21.4. The van der Waals surface area contributed by atoms with Crippen molar-refractivity contribution < 1.29 is 19.2 Å². The molecule has 1 aliphatic heterocycles. The number of anilines is 1. The first-order chi connectivity index (χ1) is 11.0. The summed E-state index contributed by atoms with van der Waals surface area (Å²) in [5.74, 6) is -3.71. The highest BCUT2D eigenvalue weighted by molar-refractivity contribution is 6.34. The van der Waals surface area contributed by atoms with E-state index in [1.165, 1.54) is 24.3 Å². The van der Waals surface area contributed by atoms with Crippen molar-refractivity contribution in [2.75, 3.05) is 4.90 Å². The number of hydrogen-bond donors (Lipinski definition) is 0. The number of Topliss-reactive ketones (excluding diaryl/α,β-unsaturated/α-hetero) is 1. The maximum absolute atomic E-state index is 12.6. The molecule has 1 atom stereocenters. The van der Waals surface area contributed by atoms with Crippen molar-refractivity contribution in [3.8, 4) is 6.07 Å². The fraction of sp³-hybridized carbons (Fsp3) is 0.312. The number of nitrogens with zero attached hydrogens (tertiary/aromatic N) is 3. The summed E-state index contributed by atoms with van der Waals surface area (Å²) in [6.07, 6.45) is 1.34. The van der Waals surface area contributed by atoms with Crippen molar-refractivity contribution in [1.82, 2.24) is 4.90 Å². The smallest absolute Gasteiger partial charge is 0.299 e. The second-order valence-electron chi connectivity index (χ2n) is 5.60. The molecule has 1 saturated carbocycles. The molecule has 1 saturated heterocycles. The number of hydrogen-bond acceptors (Lipinski definition) is 5. The number of imide groups is 2. The number of urea groups is 1. The Morgan fingerprint density at radius 3 is 2.48 bits per heavy atom. The van der Waals surface area contributed by atoms with Crippen LogP contribution in [-0.2, 0) is 14.4 Å². The van der Waals surface area contributed by atoms with Gasteiger partial charge >= 0.3 is 6.03 Å². The summed E-state index contributed by atoms with van der Waals surface area (Å²) in [5.41, 5.74) is 0.459. The van der Waals surface area contributed by atoms with E-state index in [9.17, 15) is 19.2 Å². The molecule has 3 rings (SSSR count). The standard InChI is InChI=1S/C16H13N3O4/c1-9(20)13-14(21)18(11-5-6-11)16(23)19(15(13)22)12-4-2-3-10(7-12)8-17/h2-4,7,11,13H,5-6H2,1H3. The molecule has 1 unspecified atom stereocenters. The summed E-state index contributed by atoms with van der Waals surface area (Å²) >= 11 is 0. The lowest BCUT2D eigenvalue weighted by Gasteiger charge is -2.36. The molecular weight excluding hydrogens is 298 g/mol. The Hall–Kier alpha value is -3.01. The Morgan fingerprint density at radius 1 is 1.22 bits per heavy atom. The minimum absolute atomic E-state index is 0.184. The number of amides is 4. The van der Waals surface area contributed by atoms with Crippen LogP contribution < -0.4 is 4.90 Å². The fourth-order valence-corrected chi connectivity index (χ4v) is 2.64. The quantitative estimate of drug-likeness (QED) is 0.782. The molecule has 2 aliphatic rings. The first-order valence-corrected chi connectivity index (χ1v) is 7.17. The number of benzene rings is 1. The molecule has 0 radical (unpaired) electrons. The van der Waals surface area contributed by atoms with E-state index in [1.54, 1.807) is 0 Å². The molecule has 7 heteroatoms. The van der Waals surface area contributed by atoms with E-state index in [0.29, 0.717) is 12.8 Å². The average molecular weight is 311 g/mol. The van der Waals surface area contributed by atoms with E-state index in [1.807, 2.05) is 6.07 Å². The molecule has 1 aromatic rings. The summed E-state index contributed by atoms with van der Waals surface area (Å²) in [4.78, 5) is 51.1. The van der Waals surface area contributed by atoms with Crippen molar-refractivity contribution in [3.05, 3.63) is 29.8 Å². The highest BCUT2D eigenvalue weighted by Crippen LogP contribution is 2.34. The van der Waals surface area contributed by atoms with Crippen LogP contribution in [0.3, 0.4) is 0 Å². The van der Waals surface area contributed by atoms with Gasteiger partial charge in [-0.05, 0) is 38.0 Å². The summed E-state index contributed by atoms with van der Waals surface area (Å²) in [7, 11) is 0. The van der Waals surface area contributed by atoms with Gasteiger partial charge in [0.1, 0.15) is 0 Å². The number of carbonyl (C=O) groups excluding carboxylic acids is 4. The van der Waals surface area contributed by atoms with E-state index in [-0.39, 0.29) is 17.3 Å². The highest BCUT2D eigenvalue weighted by Gasteiger charge is 2.52. The Balaban J connectivity index is 2.08. The minimum Gasteiger partial charge on any atom is -0.299 e. The lowest BCUT2D eigenvalue weighted by molar-refractivity contribution is -0.145. The predicted molar refractivity (Wildman–Crippen MR) is 78.1 cm³/mol. The Morgan fingerprint density at radius 2 is 1.91 bits per heavy atom. The molecule has 0 N–H and O–H groups in total. The van der Waals surface area contributed by atoms with Crippen molar-refractivity contribution in [2.24, 2.45) is 5.92 Å². The maximum Gasteiger partial charge on any atom is 0.338 e. The van der Waals surface area contributed by atoms with Gasteiger partial charge in [0.15, 0.2) is 11.7 Å². The Labute approximate surface area is 132 Å².